The number of aromatic nitrogens is 1. The summed E-state index contributed by atoms with van der Waals surface area (Å²) < 4.78 is 20.6. The minimum atomic E-state index is -0.307. The number of ether oxygens (including phenoxy) is 1. The van der Waals surface area contributed by atoms with Crippen molar-refractivity contribution in [2.24, 2.45) is 0 Å². The average molecular weight is 354 g/mol. The van der Waals surface area contributed by atoms with Crippen LogP contribution in [0.15, 0.2) is 47.3 Å². The Kier molecular flexibility index (Phi) is 3.95. The molecule has 0 unspecified atom stereocenters. The van der Waals surface area contributed by atoms with E-state index in [1.54, 1.807) is 28.8 Å². The number of nitrogens with zero attached hydrogens (tertiary/aromatic N) is 1. The smallest absolute Gasteiger partial charge is 0.251 e. The zero-order chi connectivity index (χ0) is 17.4. The summed E-state index contributed by atoms with van der Waals surface area (Å²) in [5, 5.41) is 1.28. The van der Waals surface area contributed by atoms with Crippen LogP contribution in [-0.4, -0.2) is 11.2 Å². The highest BCUT2D eigenvalue weighted by atomic mass is 35.5. The quantitative estimate of drug-likeness (QED) is 0.572. The van der Waals surface area contributed by atoms with Crippen molar-refractivity contribution >= 4 is 22.5 Å². The summed E-state index contributed by atoms with van der Waals surface area (Å²) in [4.78, 5) is 12.2. The van der Waals surface area contributed by atoms with Gasteiger partial charge >= 0.3 is 0 Å². The van der Waals surface area contributed by atoms with E-state index >= 15 is 0 Å². The van der Waals surface area contributed by atoms with Gasteiger partial charge in [-0.25, -0.2) is 4.39 Å². The number of hydrogen-bond acceptors (Lipinski definition) is 2. The first kappa shape index (κ1) is 15.7. The minimum absolute atomic E-state index is 0.0843. The molecule has 0 amide bonds. The number of hydrogen-bond donors (Lipinski definition) is 0. The SMILES string of the molecule is O=c1ccc2c(Cl)cc(C#Cc3ccc(F)cc3)c3c2n1CCCO3. The summed E-state index contributed by atoms with van der Waals surface area (Å²) in [6.45, 7) is 1.08. The third-order valence-electron chi connectivity index (χ3n) is 4.13. The van der Waals surface area contributed by atoms with Gasteiger partial charge in [-0.15, -0.1) is 0 Å². The Hall–Kier alpha value is -2.77. The van der Waals surface area contributed by atoms with Gasteiger partial charge in [-0.2, -0.15) is 0 Å². The zero-order valence-corrected chi connectivity index (χ0v) is 13.9. The van der Waals surface area contributed by atoms with E-state index in [2.05, 4.69) is 11.8 Å². The van der Waals surface area contributed by atoms with E-state index in [4.69, 9.17) is 16.3 Å². The van der Waals surface area contributed by atoms with E-state index < -0.39 is 0 Å². The first-order chi connectivity index (χ1) is 12.1. The number of halogens is 2. The highest BCUT2D eigenvalue weighted by molar-refractivity contribution is 6.35. The van der Waals surface area contributed by atoms with Gasteiger partial charge in [-0.1, -0.05) is 23.4 Å². The van der Waals surface area contributed by atoms with E-state index in [0.29, 0.717) is 40.6 Å². The number of pyridine rings is 1. The Bertz CT molecular complexity index is 1090. The molecule has 3 aromatic rings. The lowest BCUT2D eigenvalue weighted by atomic mass is 10.1. The summed E-state index contributed by atoms with van der Waals surface area (Å²) in [6, 6.07) is 10.9. The van der Waals surface area contributed by atoms with Crippen LogP contribution in [0.4, 0.5) is 4.39 Å². The minimum Gasteiger partial charge on any atom is -0.490 e. The van der Waals surface area contributed by atoms with Gasteiger partial charge in [0.25, 0.3) is 5.56 Å². The van der Waals surface area contributed by atoms with Gasteiger partial charge in [0.2, 0.25) is 0 Å². The summed E-state index contributed by atoms with van der Waals surface area (Å²) >= 11 is 6.41. The van der Waals surface area contributed by atoms with Gasteiger partial charge in [-0.05, 0) is 42.8 Å². The number of aryl methyl sites for hydroxylation is 1. The molecule has 2 heterocycles. The molecule has 0 saturated carbocycles. The maximum Gasteiger partial charge on any atom is 0.251 e. The van der Waals surface area contributed by atoms with Gasteiger partial charge in [0.15, 0.2) is 5.75 Å². The third kappa shape index (κ3) is 2.88. The van der Waals surface area contributed by atoms with E-state index in [-0.39, 0.29) is 11.4 Å². The molecule has 0 saturated heterocycles. The predicted molar refractivity (Wildman–Crippen MR) is 95.7 cm³/mol. The summed E-state index contributed by atoms with van der Waals surface area (Å²) in [5.41, 5.74) is 1.90. The molecule has 0 fully saturated rings. The maximum atomic E-state index is 13.0. The van der Waals surface area contributed by atoms with Crippen molar-refractivity contribution in [1.29, 1.82) is 0 Å². The average Bonchev–Trinajstić information content (AvgIpc) is 2.84. The molecule has 2 aromatic carbocycles. The maximum absolute atomic E-state index is 13.0. The van der Waals surface area contributed by atoms with Crippen molar-refractivity contribution in [1.82, 2.24) is 4.57 Å². The highest BCUT2D eigenvalue weighted by Gasteiger charge is 2.18. The molecule has 0 spiro atoms. The van der Waals surface area contributed by atoms with Crippen LogP contribution in [0.1, 0.15) is 17.5 Å². The topological polar surface area (TPSA) is 31.2 Å². The Labute approximate surface area is 148 Å². The van der Waals surface area contributed by atoms with Crippen molar-refractivity contribution in [3.05, 3.63) is 74.8 Å². The Balaban J connectivity index is 1.94. The standard InChI is InChI=1S/C20H13ClFNO2/c21-17-12-14(5-2-13-3-6-15(22)7-4-13)20-19-16(17)8-9-18(24)23(19)10-1-11-25-20/h3-4,6-9,12H,1,10-11H2. The van der Waals surface area contributed by atoms with Gasteiger partial charge in [0.1, 0.15) is 5.82 Å². The van der Waals surface area contributed by atoms with E-state index in [1.165, 1.54) is 18.2 Å². The molecular formula is C20H13ClFNO2. The van der Waals surface area contributed by atoms with Crippen molar-refractivity contribution in [2.45, 2.75) is 13.0 Å². The molecule has 3 nitrogen and oxygen atoms in total. The van der Waals surface area contributed by atoms with E-state index in [1.807, 2.05) is 0 Å². The second-order valence-electron chi connectivity index (χ2n) is 5.78. The Morgan fingerprint density at radius 3 is 2.72 bits per heavy atom. The van der Waals surface area contributed by atoms with Crippen molar-refractivity contribution in [2.75, 3.05) is 6.61 Å². The van der Waals surface area contributed by atoms with Crippen LogP contribution in [0.3, 0.4) is 0 Å². The molecule has 0 atom stereocenters. The fraction of sp³-hybridized carbons (Fsp3) is 0.150. The predicted octanol–water partition coefficient (Wildman–Crippen LogP) is 3.98. The van der Waals surface area contributed by atoms with Crippen molar-refractivity contribution in [3.63, 3.8) is 0 Å². The van der Waals surface area contributed by atoms with Crippen LogP contribution in [0.25, 0.3) is 10.9 Å². The molecule has 4 rings (SSSR count). The normalized spacial score (nSPS) is 12.9. The second kappa shape index (κ2) is 6.27. The molecule has 1 aromatic heterocycles. The molecule has 5 heteroatoms. The van der Waals surface area contributed by atoms with Gasteiger partial charge in [-0.3, -0.25) is 4.79 Å². The van der Waals surface area contributed by atoms with Gasteiger partial charge < -0.3 is 9.30 Å². The van der Waals surface area contributed by atoms with Crippen LogP contribution in [0.5, 0.6) is 5.75 Å². The lowest BCUT2D eigenvalue weighted by Crippen LogP contribution is -2.18. The first-order valence-electron chi connectivity index (χ1n) is 7.90. The van der Waals surface area contributed by atoms with E-state index in [9.17, 15) is 9.18 Å². The second-order valence-corrected chi connectivity index (χ2v) is 6.19. The third-order valence-corrected chi connectivity index (χ3v) is 4.44. The van der Waals surface area contributed by atoms with Crippen LogP contribution >= 0.6 is 11.6 Å². The molecule has 0 N–H and O–H groups in total. The fourth-order valence-corrected chi connectivity index (χ4v) is 3.21. The van der Waals surface area contributed by atoms with Crippen molar-refractivity contribution < 1.29 is 9.13 Å². The molecule has 1 aliphatic heterocycles. The Morgan fingerprint density at radius 2 is 1.92 bits per heavy atom. The molecular weight excluding hydrogens is 341 g/mol. The van der Waals surface area contributed by atoms with Gasteiger partial charge in [0, 0.05) is 23.6 Å². The molecule has 0 aliphatic carbocycles. The summed E-state index contributed by atoms with van der Waals surface area (Å²) in [5.74, 6) is 6.30. The van der Waals surface area contributed by atoms with Crippen LogP contribution in [-0.2, 0) is 6.54 Å². The summed E-state index contributed by atoms with van der Waals surface area (Å²) in [7, 11) is 0. The monoisotopic (exact) mass is 353 g/mol. The fourth-order valence-electron chi connectivity index (χ4n) is 2.94. The molecule has 124 valence electrons. The van der Waals surface area contributed by atoms with Crippen LogP contribution in [0.2, 0.25) is 5.02 Å². The zero-order valence-electron chi connectivity index (χ0n) is 13.2. The Morgan fingerprint density at radius 1 is 1.12 bits per heavy atom. The number of rotatable bonds is 0. The summed E-state index contributed by atoms with van der Waals surface area (Å²) in [6.07, 6.45) is 0.732. The van der Waals surface area contributed by atoms with Gasteiger partial charge in [0.05, 0.1) is 22.7 Å². The molecule has 0 bridgehead atoms. The highest BCUT2D eigenvalue weighted by Crippen LogP contribution is 2.35. The van der Waals surface area contributed by atoms with E-state index in [0.717, 1.165) is 11.8 Å². The van der Waals surface area contributed by atoms with Crippen LogP contribution in [0, 0.1) is 17.7 Å². The number of benzene rings is 2. The first-order valence-corrected chi connectivity index (χ1v) is 8.28. The lowest BCUT2D eigenvalue weighted by Gasteiger charge is -2.12. The lowest BCUT2D eigenvalue weighted by molar-refractivity contribution is 0.315. The molecule has 25 heavy (non-hydrogen) atoms. The van der Waals surface area contributed by atoms with Crippen LogP contribution < -0.4 is 10.3 Å². The van der Waals surface area contributed by atoms with Crippen molar-refractivity contribution in [3.8, 4) is 17.6 Å². The molecule has 1 aliphatic rings. The molecule has 0 radical (unpaired) electrons. The largest absolute Gasteiger partial charge is 0.490 e.